The van der Waals surface area contributed by atoms with Crippen LogP contribution < -0.4 is 9.64 Å². The fourth-order valence-electron chi connectivity index (χ4n) is 4.24. The van der Waals surface area contributed by atoms with Crippen LogP contribution in [0.2, 0.25) is 0 Å². The van der Waals surface area contributed by atoms with Crippen LogP contribution in [-0.4, -0.2) is 67.6 Å². The smallest absolute Gasteiger partial charge is 0.241 e. The van der Waals surface area contributed by atoms with Crippen molar-refractivity contribution >= 4 is 17.2 Å². The van der Waals surface area contributed by atoms with Gasteiger partial charge in [-0.05, 0) is 78.0 Å². The number of ether oxygens (including phenoxy) is 1. The Labute approximate surface area is 163 Å². The quantitative estimate of drug-likeness (QED) is 0.814. The minimum atomic E-state index is -0.343. The number of nitrogens with zero attached hydrogens (tertiary/aromatic N) is 3. The van der Waals surface area contributed by atoms with Crippen LogP contribution in [0, 0.1) is 0 Å². The molecule has 1 aromatic carbocycles. The average molecular weight is 372 g/mol. The number of fused-ring (bicyclic) bond motifs is 1. The number of benzene rings is 1. The molecule has 1 aromatic rings. The van der Waals surface area contributed by atoms with Gasteiger partial charge >= 0.3 is 0 Å². The summed E-state index contributed by atoms with van der Waals surface area (Å²) in [5.74, 6) is 1.02. The van der Waals surface area contributed by atoms with E-state index in [1.807, 2.05) is 24.0 Å². The van der Waals surface area contributed by atoms with Gasteiger partial charge in [0.2, 0.25) is 5.91 Å². The van der Waals surface area contributed by atoms with Crippen LogP contribution >= 0.6 is 0 Å². The second kappa shape index (κ2) is 8.03. The Bertz CT molecular complexity index is 726. The van der Waals surface area contributed by atoms with Gasteiger partial charge in [-0.1, -0.05) is 6.08 Å². The molecular weight excluding hydrogens is 338 g/mol. The van der Waals surface area contributed by atoms with E-state index in [9.17, 15) is 4.79 Å². The molecule has 27 heavy (non-hydrogen) atoms. The van der Waals surface area contributed by atoms with E-state index < -0.39 is 0 Å². The van der Waals surface area contributed by atoms with Crippen LogP contribution in [0.1, 0.15) is 39.7 Å². The summed E-state index contributed by atoms with van der Waals surface area (Å²) in [5, 5.41) is 0. The lowest BCUT2D eigenvalue weighted by atomic mass is 9.88. The minimum absolute atomic E-state index is 0.165. The minimum Gasteiger partial charge on any atom is -0.494 e. The number of hydrogen-bond acceptors (Lipinski definition) is 4. The lowest BCUT2D eigenvalue weighted by molar-refractivity contribution is -0.120. The fourth-order valence-corrected chi connectivity index (χ4v) is 4.24. The molecule has 3 rings (SSSR count). The van der Waals surface area contributed by atoms with Gasteiger partial charge in [-0.25, -0.2) is 0 Å². The highest BCUT2D eigenvalue weighted by Crippen LogP contribution is 2.40. The molecule has 5 nitrogen and oxygen atoms in total. The molecule has 0 N–H and O–H groups in total. The summed E-state index contributed by atoms with van der Waals surface area (Å²) in [7, 11) is 2.15. The molecule has 148 valence electrons. The Morgan fingerprint density at radius 3 is 2.70 bits per heavy atom. The Balaban J connectivity index is 1.86. The number of anilines is 1. The van der Waals surface area contributed by atoms with Gasteiger partial charge in [0.15, 0.2) is 0 Å². The van der Waals surface area contributed by atoms with Crippen molar-refractivity contribution in [1.82, 2.24) is 9.80 Å². The molecule has 5 heteroatoms. The van der Waals surface area contributed by atoms with E-state index in [0.29, 0.717) is 13.2 Å². The van der Waals surface area contributed by atoms with E-state index in [2.05, 4.69) is 49.8 Å². The van der Waals surface area contributed by atoms with E-state index >= 15 is 0 Å². The number of carbonyl (C=O) groups excluding carboxylic acids is 1. The molecule has 2 aliphatic rings. The van der Waals surface area contributed by atoms with Crippen molar-refractivity contribution in [2.45, 2.75) is 39.7 Å². The molecule has 1 amide bonds. The first-order chi connectivity index (χ1) is 12.8. The van der Waals surface area contributed by atoms with Gasteiger partial charge in [0.05, 0.1) is 24.4 Å². The maximum atomic E-state index is 13.4. The van der Waals surface area contributed by atoms with Gasteiger partial charge in [0.1, 0.15) is 5.75 Å². The second-order valence-corrected chi connectivity index (χ2v) is 8.26. The highest BCUT2D eigenvalue weighted by Gasteiger charge is 2.36. The maximum absolute atomic E-state index is 13.4. The zero-order valence-electron chi connectivity index (χ0n) is 17.4. The number of hydrogen-bond donors (Lipinski definition) is 0. The zero-order chi connectivity index (χ0) is 19.6. The van der Waals surface area contributed by atoms with Crippen molar-refractivity contribution < 1.29 is 9.53 Å². The molecule has 0 saturated carbocycles. The van der Waals surface area contributed by atoms with Crippen LogP contribution in [-0.2, 0) is 4.79 Å². The van der Waals surface area contributed by atoms with Crippen molar-refractivity contribution in [2.24, 2.45) is 0 Å². The molecular formula is C22H33N3O2. The Hall–Kier alpha value is -1.85. The van der Waals surface area contributed by atoms with E-state index in [1.165, 1.54) is 5.57 Å². The third kappa shape index (κ3) is 4.36. The summed E-state index contributed by atoms with van der Waals surface area (Å²) < 4.78 is 5.67. The SMILES string of the molecule is CCOc1ccc2c(c1)C(C)=CC(C)(C)N2C(=O)CN1CCCN(C)CC1. The predicted molar refractivity (Wildman–Crippen MR) is 111 cm³/mol. The normalized spacial score (nSPS) is 20.6. The Kier molecular flexibility index (Phi) is 5.92. The van der Waals surface area contributed by atoms with Gasteiger partial charge in [0.25, 0.3) is 0 Å². The number of rotatable bonds is 4. The van der Waals surface area contributed by atoms with Crippen molar-refractivity contribution in [3.8, 4) is 5.75 Å². The zero-order valence-corrected chi connectivity index (χ0v) is 17.4. The van der Waals surface area contributed by atoms with Gasteiger partial charge in [-0.2, -0.15) is 0 Å². The first-order valence-corrected chi connectivity index (χ1v) is 10.0. The van der Waals surface area contributed by atoms with Gasteiger partial charge < -0.3 is 14.5 Å². The van der Waals surface area contributed by atoms with Crippen molar-refractivity contribution in [2.75, 3.05) is 51.3 Å². The summed E-state index contributed by atoms with van der Waals surface area (Å²) in [4.78, 5) is 20.0. The molecule has 1 saturated heterocycles. The lowest BCUT2D eigenvalue weighted by Crippen LogP contribution is -2.52. The summed E-state index contributed by atoms with van der Waals surface area (Å²) in [5.41, 5.74) is 2.92. The molecule has 1 fully saturated rings. The van der Waals surface area contributed by atoms with E-state index in [1.54, 1.807) is 0 Å². The average Bonchev–Trinajstić information content (AvgIpc) is 2.79. The summed E-state index contributed by atoms with van der Waals surface area (Å²) >= 11 is 0. The molecule has 0 radical (unpaired) electrons. The van der Waals surface area contributed by atoms with E-state index in [4.69, 9.17) is 4.74 Å². The lowest BCUT2D eigenvalue weighted by Gasteiger charge is -2.42. The third-order valence-corrected chi connectivity index (χ3v) is 5.51. The van der Waals surface area contributed by atoms with Gasteiger partial charge in [-0.15, -0.1) is 0 Å². The molecule has 0 unspecified atom stereocenters. The number of amides is 1. The molecule has 0 bridgehead atoms. The van der Waals surface area contributed by atoms with Crippen LogP contribution in [0.25, 0.3) is 5.57 Å². The van der Waals surface area contributed by atoms with Crippen LogP contribution in [0.4, 0.5) is 5.69 Å². The summed E-state index contributed by atoms with van der Waals surface area (Å²) in [6, 6.07) is 6.06. The van der Waals surface area contributed by atoms with E-state index in [0.717, 1.165) is 49.6 Å². The third-order valence-electron chi connectivity index (χ3n) is 5.51. The highest BCUT2D eigenvalue weighted by molar-refractivity contribution is 6.01. The number of carbonyl (C=O) groups is 1. The first kappa shape index (κ1) is 19.9. The van der Waals surface area contributed by atoms with Gasteiger partial charge in [-0.3, -0.25) is 9.69 Å². The monoisotopic (exact) mass is 371 g/mol. The largest absolute Gasteiger partial charge is 0.494 e. The molecule has 0 aromatic heterocycles. The van der Waals surface area contributed by atoms with Gasteiger partial charge in [0, 0.05) is 18.7 Å². The first-order valence-electron chi connectivity index (χ1n) is 10.0. The highest BCUT2D eigenvalue weighted by atomic mass is 16.5. The van der Waals surface area contributed by atoms with Crippen molar-refractivity contribution in [3.63, 3.8) is 0 Å². The summed E-state index contributed by atoms with van der Waals surface area (Å²) in [6.07, 6.45) is 3.31. The molecule has 0 spiro atoms. The number of allylic oxidation sites excluding steroid dienone is 1. The fraction of sp³-hybridized carbons (Fsp3) is 0.591. The van der Waals surface area contributed by atoms with E-state index in [-0.39, 0.29) is 11.4 Å². The van der Waals surface area contributed by atoms with Crippen LogP contribution in [0.3, 0.4) is 0 Å². The van der Waals surface area contributed by atoms with Crippen LogP contribution in [0.15, 0.2) is 24.3 Å². The summed E-state index contributed by atoms with van der Waals surface area (Å²) in [6.45, 7) is 13.5. The van der Waals surface area contributed by atoms with Crippen LogP contribution in [0.5, 0.6) is 5.75 Å². The Morgan fingerprint density at radius 1 is 1.19 bits per heavy atom. The topological polar surface area (TPSA) is 36.0 Å². The molecule has 2 aliphatic heterocycles. The number of likely N-dealkylation sites (N-methyl/N-ethyl adjacent to an activating group) is 1. The van der Waals surface area contributed by atoms with Crippen molar-refractivity contribution in [3.05, 3.63) is 29.8 Å². The molecule has 0 aliphatic carbocycles. The molecule has 2 heterocycles. The predicted octanol–water partition coefficient (Wildman–Crippen LogP) is 3.25. The second-order valence-electron chi connectivity index (χ2n) is 8.26. The Morgan fingerprint density at radius 2 is 1.96 bits per heavy atom. The standard InChI is InChI=1S/C22H33N3O2/c1-6-27-18-8-9-20-19(14-18)17(2)15-22(3,4)25(20)21(26)16-24-11-7-10-23(5)12-13-24/h8-9,14-15H,6-7,10-13,16H2,1-5H3. The molecule has 0 atom stereocenters. The van der Waals surface area contributed by atoms with Crippen molar-refractivity contribution in [1.29, 1.82) is 0 Å². The maximum Gasteiger partial charge on any atom is 0.241 e.